The minimum atomic E-state index is -3.83. The summed E-state index contributed by atoms with van der Waals surface area (Å²) in [7, 11) is -3.83. The fourth-order valence-electron chi connectivity index (χ4n) is 3.14. The Labute approximate surface area is 173 Å². The molecule has 0 radical (unpaired) electrons. The van der Waals surface area contributed by atoms with E-state index in [9.17, 15) is 22.4 Å². The molecule has 2 amide bonds. The van der Waals surface area contributed by atoms with Crippen LogP contribution >= 0.6 is 11.6 Å². The number of carbonyl (C=O) groups excluding carboxylic acids is 2. The third kappa shape index (κ3) is 4.43. The average Bonchev–Trinajstić information content (AvgIpc) is 2.80. The fraction of sp³-hybridized carbons (Fsp3) is 0.300. The van der Waals surface area contributed by atoms with Crippen LogP contribution in [0.4, 0.5) is 10.1 Å². The van der Waals surface area contributed by atoms with Gasteiger partial charge in [0.15, 0.2) is 0 Å². The summed E-state index contributed by atoms with van der Waals surface area (Å²) >= 11 is 6.12. The molecule has 1 N–H and O–H groups in total. The van der Waals surface area contributed by atoms with Crippen molar-refractivity contribution in [2.24, 2.45) is 5.41 Å². The molecular formula is C20H20ClFN2O4S. The molecule has 29 heavy (non-hydrogen) atoms. The number of amides is 2. The average molecular weight is 439 g/mol. The molecule has 3 rings (SSSR count). The molecular weight excluding hydrogens is 419 g/mol. The van der Waals surface area contributed by atoms with E-state index in [-0.39, 0.29) is 34.4 Å². The zero-order chi connectivity index (χ0) is 21.4. The van der Waals surface area contributed by atoms with E-state index >= 15 is 0 Å². The summed E-state index contributed by atoms with van der Waals surface area (Å²) < 4.78 is 38.6. The standard InChI is InChI=1S/C20H20ClFN2O4S/c1-20(2)12-29(27,28)24(19(20)26)15-7-8-17(21)16(11-15)18(25)23-10-9-13-3-5-14(22)6-4-13/h3-8,11H,9-10,12H2,1-2H3,(H,23,25). The maximum absolute atomic E-state index is 12.9. The topological polar surface area (TPSA) is 83.6 Å². The van der Waals surface area contributed by atoms with E-state index in [0.717, 1.165) is 9.87 Å². The first-order chi connectivity index (χ1) is 13.5. The number of halogens is 2. The number of nitrogens with zero attached hydrogens (tertiary/aromatic N) is 1. The van der Waals surface area contributed by atoms with Crippen molar-refractivity contribution < 1.29 is 22.4 Å². The van der Waals surface area contributed by atoms with Crippen molar-refractivity contribution in [2.75, 3.05) is 16.6 Å². The molecule has 0 saturated carbocycles. The summed E-state index contributed by atoms with van der Waals surface area (Å²) in [5, 5.41) is 2.83. The van der Waals surface area contributed by atoms with Gasteiger partial charge in [0.2, 0.25) is 15.9 Å². The van der Waals surface area contributed by atoms with Crippen LogP contribution in [0.3, 0.4) is 0 Å². The van der Waals surface area contributed by atoms with Crippen LogP contribution in [0.15, 0.2) is 42.5 Å². The van der Waals surface area contributed by atoms with Gasteiger partial charge < -0.3 is 5.32 Å². The van der Waals surface area contributed by atoms with Crippen LogP contribution in [0.2, 0.25) is 5.02 Å². The quantitative estimate of drug-likeness (QED) is 0.777. The van der Waals surface area contributed by atoms with Gasteiger partial charge in [-0.3, -0.25) is 9.59 Å². The fourth-order valence-corrected chi connectivity index (χ4v) is 5.44. The minimum absolute atomic E-state index is 0.0657. The van der Waals surface area contributed by atoms with Gasteiger partial charge in [0, 0.05) is 6.54 Å². The van der Waals surface area contributed by atoms with Gasteiger partial charge in [-0.1, -0.05) is 23.7 Å². The van der Waals surface area contributed by atoms with Gasteiger partial charge in [0.1, 0.15) is 5.82 Å². The van der Waals surface area contributed by atoms with Crippen LogP contribution in [0.25, 0.3) is 0 Å². The molecule has 1 saturated heterocycles. The molecule has 0 bridgehead atoms. The van der Waals surface area contributed by atoms with E-state index < -0.39 is 27.3 Å². The zero-order valence-electron chi connectivity index (χ0n) is 15.9. The van der Waals surface area contributed by atoms with Crippen LogP contribution in [0, 0.1) is 11.2 Å². The highest BCUT2D eigenvalue weighted by Crippen LogP contribution is 2.36. The molecule has 1 aliphatic rings. The second kappa shape index (κ2) is 7.76. The predicted molar refractivity (Wildman–Crippen MR) is 109 cm³/mol. The maximum atomic E-state index is 12.9. The van der Waals surface area contributed by atoms with E-state index in [0.29, 0.717) is 6.42 Å². The lowest BCUT2D eigenvalue weighted by atomic mass is 9.95. The summed E-state index contributed by atoms with van der Waals surface area (Å²) in [6.45, 7) is 3.40. The summed E-state index contributed by atoms with van der Waals surface area (Å²) in [4.78, 5) is 25.1. The Morgan fingerprint density at radius 1 is 1.21 bits per heavy atom. The number of sulfonamides is 1. The molecule has 1 heterocycles. The van der Waals surface area contributed by atoms with E-state index in [4.69, 9.17) is 11.6 Å². The largest absolute Gasteiger partial charge is 0.352 e. The van der Waals surface area contributed by atoms with Gasteiger partial charge in [-0.15, -0.1) is 0 Å². The number of nitrogens with one attached hydrogen (secondary N) is 1. The molecule has 9 heteroatoms. The lowest BCUT2D eigenvalue weighted by Gasteiger charge is -2.18. The number of hydrogen-bond donors (Lipinski definition) is 1. The summed E-state index contributed by atoms with van der Waals surface area (Å²) in [6, 6.07) is 10.0. The number of benzene rings is 2. The molecule has 2 aromatic carbocycles. The Bertz CT molecular complexity index is 1070. The highest BCUT2D eigenvalue weighted by Gasteiger charge is 2.50. The van der Waals surface area contributed by atoms with E-state index in [1.165, 1.54) is 30.3 Å². The first-order valence-corrected chi connectivity index (χ1v) is 10.9. The molecule has 1 aliphatic heterocycles. The Morgan fingerprint density at radius 2 is 1.86 bits per heavy atom. The highest BCUT2D eigenvalue weighted by atomic mass is 35.5. The third-order valence-electron chi connectivity index (χ3n) is 4.63. The molecule has 154 valence electrons. The lowest BCUT2D eigenvalue weighted by Crippen LogP contribution is -2.33. The van der Waals surface area contributed by atoms with Crippen LogP contribution in [0.5, 0.6) is 0 Å². The van der Waals surface area contributed by atoms with Crippen molar-refractivity contribution in [3.8, 4) is 0 Å². The van der Waals surface area contributed by atoms with Crippen LogP contribution in [0.1, 0.15) is 29.8 Å². The Kier molecular flexibility index (Phi) is 5.69. The molecule has 0 aliphatic carbocycles. The normalized spacial score (nSPS) is 17.4. The Hall–Kier alpha value is -2.45. The van der Waals surface area contributed by atoms with Crippen molar-refractivity contribution >= 4 is 39.1 Å². The van der Waals surface area contributed by atoms with Gasteiger partial charge >= 0.3 is 0 Å². The molecule has 1 fully saturated rings. The smallest absolute Gasteiger partial charge is 0.252 e. The SMILES string of the molecule is CC1(C)CS(=O)(=O)N(c2ccc(Cl)c(C(=O)NCCc3ccc(F)cc3)c2)C1=O. The first-order valence-electron chi connectivity index (χ1n) is 8.91. The van der Waals surface area contributed by atoms with Crippen LogP contribution < -0.4 is 9.62 Å². The summed E-state index contributed by atoms with van der Waals surface area (Å²) in [5.41, 5.74) is -0.0528. The van der Waals surface area contributed by atoms with Gasteiger partial charge in [-0.05, 0) is 56.2 Å². The van der Waals surface area contributed by atoms with Crippen LogP contribution in [-0.2, 0) is 21.2 Å². The Balaban J connectivity index is 1.77. The lowest BCUT2D eigenvalue weighted by molar-refractivity contribution is -0.123. The Morgan fingerprint density at radius 3 is 2.45 bits per heavy atom. The molecule has 0 spiro atoms. The highest BCUT2D eigenvalue weighted by molar-refractivity contribution is 7.94. The number of anilines is 1. The van der Waals surface area contributed by atoms with Crippen LogP contribution in [-0.4, -0.2) is 32.5 Å². The molecule has 0 unspecified atom stereocenters. The van der Waals surface area contributed by atoms with Gasteiger partial charge in [0.05, 0.1) is 27.4 Å². The van der Waals surface area contributed by atoms with E-state index in [1.54, 1.807) is 26.0 Å². The van der Waals surface area contributed by atoms with Crippen molar-refractivity contribution in [1.82, 2.24) is 5.32 Å². The first kappa shape index (κ1) is 21.3. The van der Waals surface area contributed by atoms with Crippen molar-refractivity contribution in [1.29, 1.82) is 0 Å². The molecule has 6 nitrogen and oxygen atoms in total. The zero-order valence-corrected chi connectivity index (χ0v) is 17.5. The van der Waals surface area contributed by atoms with Crippen molar-refractivity contribution in [3.63, 3.8) is 0 Å². The monoisotopic (exact) mass is 438 g/mol. The van der Waals surface area contributed by atoms with Crippen molar-refractivity contribution in [2.45, 2.75) is 20.3 Å². The van der Waals surface area contributed by atoms with Gasteiger partial charge in [-0.2, -0.15) is 0 Å². The molecule has 2 aromatic rings. The number of carbonyl (C=O) groups is 2. The number of hydrogen-bond acceptors (Lipinski definition) is 4. The van der Waals surface area contributed by atoms with E-state index in [1.807, 2.05) is 0 Å². The van der Waals surface area contributed by atoms with Gasteiger partial charge in [0.25, 0.3) is 5.91 Å². The molecule has 0 atom stereocenters. The third-order valence-corrected chi connectivity index (χ3v) is 6.98. The van der Waals surface area contributed by atoms with E-state index in [2.05, 4.69) is 5.32 Å². The second-order valence-corrected chi connectivity index (χ2v) is 9.73. The minimum Gasteiger partial charge on any atom is -0.352 e. The number of rotatable bonds is 5. The predicted octanol–water partition coefficient (Wildman–Crippen LogP) is 3.15. The second-order valence-electron chi connectivity index (χ2n) is 7.51. The summed E-state index contributed by atoms with van der Waals surface area (Å²) in [5.74, 6) is -1.69. The van der Waals surface area contributed by atoms with Gasteiger partial charge in [-0.25, -0.2) is 17.1 Å². The maximum Gasteiger partial charge on any atom is 0.252 e. The summed E-state index contributed by atoms with van der Waals surface area (Å²) in [6.07, 6.45) is 0.483. The van der Waals surface area contributed by atoms with Crippen molar-refractivity contribution in [3.05, 3.63) is 64.4 Å². The molecule has 0 aromatic heterocycles.